The smallest absolute Gasteiger partial charge is 0.255 e. The molecule has 1 aliphatic rings. The van der Waals surface area contributed by atoms with Crippen molar-refractivity contribution in [3.8, 4) is 0 Å². The first kappa shape index (κ1) is 20.1. The van der Waals surface area contributed by atoms with Crippen molar-refractivity contribution in [2.24, 2.45) is 11.3 Å². The number of hydrogen-bond acceptors (Lipinski definition) is 3. The highest BCUT2D eigenvalue weighted by Gasteiger charge is 2.47. The van der Waals surface area contributed by atoms with E-state index in [9.17, 15) is 14.7 Å². The van der Waals surface area contributed by atoms with Gasteiger partial charge in [0.15, 0.2) is 0 Å². The number of amides is 2. The molecule has 5 nitrogen and oxygen atoms in total. The van der Waals surface area contributed by atoms with Crippen molar-refractivity contribution in [3.63, 3.8) is 0 Å². The van der Waals surface area contributed by atoms with Gasteiger partial charge >= 0.3 is 0 Å². The van der Waals surface area contributed by atoms with E-state index in [1.165, 1.54) is 0 Å². The molecule has 0 unspecified atom stereocenters. The molecule has 0 aromatic heterocycles. The Balaban J connectivity index is 1.99. The molecule has 2 amide bonds. The number of aliphatic hydroxyl groups is 1. The summed E-state index contributed by atoms with van der Waals surface area (Å²) in [6.45, 7) is 6.22. The predicted molar refractivity (Wildman–Crippen MR) is 108 cm³/mol. The molecule has 3 atom stereocenters. The summed E-state index contributed by atoms with van der Waals surface area (Å²) in [6.07, 6.45) is -1.37. The first-order valence-electron chi connectivity index (χ1n) is 9.57. The quantitative estimate of drug-likeness (QED) is 0.889. The number of benzene rings is 2. The van der Waals surface area contributed by atoms with Crippen LogP contribution < -0.4 is 0 Å². The van der Waals surface area contributed by atoms with E-state index in [1.807, 2.05) is 57.2 Å². The van der Waals surface area contributed by atoms with Crippen LogP contribution >= 0.6 is 0 Å². The Hall–Kier alpha value is -2.66. The van der Waals surface area contributed by atoms with Gasteiger partial charge < -0.3 is 14.9 Å². The molecule has 1 saturated heterocycles. The van der Waals surface area contributed by atoms with Crippen LogP contribution in [0.2, 0.25) is 0 Å². The molecule has 1 N–H and O–H groups in total. The van der Waals surface area contributed by atoms with Gasteiger partial charge in [-0.1, -0.05) is 69.3 Å². The first-order valence-corrected chi connectivity index (χ1v) is 9.57. The van der Waals surface area contributed by atoms with Gasteiger partial charge in [-0.3, -0.25) is 9.59 Å². The fourth-order valence-electron chi connectivity index (χ4n) is 4.09. The van der Waals surface area contributed by atoms with Gasteiger partial charge in [-0.05, 0) is 17.7 Å². The maximum Gasteiger partial charge on any atom is 0.255 e. The zero-order chi connectivity index (χ0) is 20.5. The molecule has 2 aromatic rings. The SMILES string of the molecule is CN1C(=O)[C@@H]([C@@H](O)c2ccccc2)CN(C(=O)c2ccccc2)[C@H]1C(C)(C)C. The number of hydrogen-bond donors (Lipinski definition) is 1. The van der Waals surface area contributed by atoms with Gasteiger partial charge in [-0.2, -0.15) is 0 Å². The van der Waals surface area contributed by atoms with E-state index < -0.39 is 18.2 Å². The van der Waals surface area contributed by atoms with E-state index in [0.29, 0.717) is 11.1 Å². The minimum atomic E-state index is -0.969. The van der Waals surface area contributed by atoms with Crippen LogP contribution in [0.15, 0.2) is 60.7 Å². The van der Waals surface area contributed by atoms with Crippen LogP contribution in [0.5, 0.6) is 0 Å². The van der Waals surface area contributed by atoms with Gasteiger partial charge in [0.05, 0.1) is 12.0 Å². The third-order valence-electron chi connectivity index (χ3n) is 5.30. The Morgan fingerprint density at radius 3 is 2.11 bits per heavy atom. The van der Waals surface area contributed by atoms with E-state index in [0.717, 1.165) is 0 Å². The second-order valence-corrected chi connectivity index (χ2v) is 8.47. The molecular weight excluding hydrogens is 352 g/mol. The molecule has 0 aliphatic carbocycles. The minimum Gasteiger partial charge on any atom is -0.388 e. The fourth-order valence-corrected chi connectivity index (χ4v) is 4.09. The van der Waals surface area contributed by atoms with Crippen LogP contribution in [0.25, 0.3) is 0 Å². The highest BCUT2D eigenvalue weighted by atomic mass is 16.3. The lowest BCUT2D eigenvalue weighted by Crippen LogP contribution is -2.65. The lowest BCUT2D eigenvalue weighted by Gasteiger charge is -2.51. The summed E-state index contributed by atoms with van der Waals surface area (Å²) in [4.78, 5) is 29.8. The molecule has 0 radical (unpaired) electrons. The molecule has 5 heteroatoms. The van der Waals surface area contributed by atoms with Gasteiger partial charge in [0.2, 0.25) is 5.91 Å². The van der Waals surface area contributed by atoms with Crippen LogP contribution in [0.3, 0.4) is 0 Å². The van der Waals surface area contributed by atoms with E-state index in [1.54, 1.807) is 41.1 Å². The Morgan fingerprint density at radius 1 is 1.04 bits per heavy atom. The van der Waals surface area contributed by atoms with Crippen LogP contribution in [0.4, 0.5) is 0 Å². The predicted octanol–water partition coefficient (Wildman–Crippen LogP) is 3.32. The Morgan fingerprint density at radius 2 is 1.57 bits per heavy atom. The summed E-state index contributed by atoms with van der Waals surface area (Å²) < 4.78 is 0. The van der Waals surface area contributed by atoms with Gasteiger partial charge in [-0.15, -0.1) is 0 Å². The molecule has 0 bridgehead atoms. The van der Waals surface area contributed by atoms with Crippen molar-refractivity contribution in [2.45, 2.75) is 33.0 Å². The van der Waals surface area contributed by atoms with E-state index in [-0.39, 0.29) is 23.8 Å². The molecule has 1 aliphatic heterocycles. The summed E-state index contributed by atoms with van der Waals surface area (Å²) in [5.41, 5.74) is 0.917. The van der Waals surface area contributed by atoms with Gasteiger partial charge in [0, 0.05) is 24.6 Å². The van der Waals surface area contributed by atoms with E-state index in [4.69, 9.17) is 0 Å². The maximum absolute atomic E-state index is 13.3. The largest absolute Gasteiger partial charge is 0.388 e. The van der Waals surface area contributed by atoms with Crippen molar-refractivity contribution in [1.29, 1.82) is 0 Å². The van der Waals surface area contributed by atoms with Crippen LogP contribution in [0.1, 0.15) is 42.8 Å². The molecule has 28 heavy (non-hydrogen) atoms. The van der Waals surface area contributed by atoms with Crippen molar-refractivity contribution >= 4 is 11.8 Å². The molecule has 2 aromatic carbocycles. The Labute approximate surface area is 166 Å². The Kier molecular flexibility index (Phi) is 5.57. The standard InChI is InChI=1S/C23H28N2O3/c1-23(2,3)22-24(4)21(28)18(19(26)16-11-7-5-8-12-16)15-25(22)20(27)17-13-9-6-10-14-17/h5-14,18-19,22,26H,15H2,1-4H3/t18-,19+,22+/m1/s1. The summed E-state index contributed by atoms with van der Waals surface area (Å²) in [6, 6.07) is 18.2. The van der Waals surface area contributed by atoms with Crippen molar-refractivity contribution < 1.29 is 14.7 Å². The number of nitrogens with zero attached hydrogens (tertiary/aromatic N) is 2. The molecule has 0 spiro atoms. The number of carbonyl (C=O) groups is 2. The lowest BCUT2D eigenvalue weighted by atomic mass is 9.84. The van der Waals surface area contributed by atoms with E-state index in [2.05, 4.69) is 0 Å². The summed E-state index contributed by atoms with van der Waals surface area (Å²) in [7, 11) is 1.72. The molecule has 148 valence electrons. The molecule has 3 rings (SSSR count). The average molecular weight is 380 g/mol. The van der Waals surface area contributed by atoms with Crippen molar-refractivity contribution in [3.05, 3.63) is 71.8 Å². The van der Waals surface area contributed by atoms with E-state index >= 15 is 0 Å². The lowest BCUT2D eigenvalue weighted by molar-refractivity contribution is -0.158. The minimum absolute atomic E-state index is 0.134. The highest BCUT2D eigenvalue weighted by molar-refractivity contribution is 5.96. The average Bonchev–Trinajstić information content (AvgIpc) is 2.69. The number of rotatable bonds is 3. The van der Waals surface area contributed by atoms with Crippen LogP contribution in [0, 0.1) is 11.3 Å². The highest BCUT2D eigenvalue weighted by Crippen LogP contribution is 2.36. The molecular formula is C23H28N2O3. The van der Waals surface area contributed by atoms with Crippen LogP contribution in [-0.2, 0) is 4.79 Å². The van der Waals surface area contributed by atoms with Gasteiger partial charge in [0.1, 0.15) is 6.17 Å². The van der Waals surface area contributed by atoms with Crippen molar-refractivity contribution in [2.75, 3.05) is 13.6 Å². The van der Waals surface area contributed by atoms with Crippen LogP contribution in [-0.4, -0.2) is 46.5 Å². The molecule has 1 fully saturated rings. The van der Waals surface area contributed by atoms with Gasteiger partial charge in [0.25, 0.3) is 5.91 Å². The second-order valence-electron chi connectivity index (χ2n) is 8.47. The van der Waals surface area contributed by atoms with Gasteiger partial charge in [-0.25, -0.2) is 0 Å². The monoisotopic (exact) mass is 380 g/mol. The summed E-state index contributed by atoms with van der Waals surface area (Å²) in [5.74, 6) is -0.989. The second kappa shape index (κ2) is 7.76. The van der Waals surface area contributed by atoms with Crippen molar-refractivity contribution in [1.82, 2.24) is 9.80 Å². The third-order valence-corrected chi connectivity index (χ3v) is 5.30. The topological polar surface area (TPSA) is 60.9 Å². The Bertz CT molecular complexity index is 830. The first-order chi connectivity index (χ1) is 13.2. The maximum atomic E-state index is 13.3. The number of aliphatic hydroxyl groups excluding tert-OH is 1. The number of carbonyl (C=O) groups excluding carboxylic acids is 2. The normalized spacial score (nSPS) is 21.5. The third kappa shape index (κ3) is 3.80. The zero-order valence-corrected chi connectivity index (χ0v) is 16.9. The summed E-state index contributed by atoms with van der Waals surface area (Å²) >= 11 is 0. The zero-order valence-electron chi connectivity index (χ0n) is 16.9. The fraction of sp³-hybridized carbons (Fsp3) is 0.391. The summed E-state index contributed by atoms with van der Waals surface area (Å²) in [5, 5.41) is 10.9. The molecule has 0 saturated carbocycles. The molecule has 1 heterocycles.